The van der Waals surface area contributed by atoms with E-state index in [0.29, 0.717) is 17.9 Å². The molecule has 0 radical (unpaired) electrons. The van der Waals surface area contributed by atoms with Crippen molar-refractivity contribution in [2.75, 3.05) is 17.1 Å². The monoisotopic (exact) mass is 317 g/mol. The van der Waals surface area contributed by atoms with Crippen LogP contribution in [0.3, 0.4) is 0 Å². The first-order valence-electron chi connectivity index (χ1n) is 6.69. The fraction of sp³-hybridized carbons (Fsp3) is 0.133. The van der Waals surface area contributed by atoms with Crippen LogP contribution in [-0.2, 0) is 16.6 Å². The zero-order valence-electron chi connectivity index (χ0n) is 11.9. The summed E-state index contributed by atoms with van der Waals surface area (Å²) in [5.74, 6) is 0. The molecule has 0 saturated heterocycles. The molecule has 0 saturated carbocycles. The highest BCUT2D eigenvalue weighted by molar-refractivity contribution is 7.92. The SMILES string of the molecule is CN1Cc2cc(NS(=O)(=O)c3ccccc3)ccc2NC1=O. The van der Waals surface area contributed by atoms with E-state index in [2.05, 4.69) is 10.0 Å². The third-order valence-electron chi connectivity index (χ3n) is 3.41. The molecular formula is C15H15N3O3S. The van der Waals surface area contributed by atoms with Gasteiger partial charge in [-0.05, 0) is 35.9 Å². The van der Waals surface area contributed by atoms with Crippen LogP contribution in [0, 0.1) is 0 Å². The van der Waals surface area contributed by atoms with Gasteiger partial charge in [0.25, 0.3) is 10.0 Å². The van der Waals surface area contributed by atoms with Gasteiger partial charge >= 0.3 is 6.03 Å². The van der Waals surface area contributed by atoms with Crippen LogP contribution < -0.4 is 10.0 Å². The van der Waals surface area contributed by atoms with E-state index in [0.717, 1.165) is 5.56 Å². The lowest BCUT2D eigenvalue weighted by Crippen LogP contribution is -2.35. The van der Waals surface area contributed by atoms with Crippen molar-refractivity contribution < 1.29 is 13.2 Å². The second-order valence-electron chi connectivity index (χ2n) is 5.08. The molecule has 7 heteroatoms. The Morgan fingerprint density at radius 2 is 1.86 bits per heavy atom. The largest absolute Gasteiger partial charge is 0.323 e. The minimum absolute atomic E-state index is 0.176. The molecule has 0 unspecified atom stereocenters. The van der Waals surface area contributed by atoms with Crippen molar-refractivity contribution >= 4 is 27.4 Å². The molecule has 0 bridgehead atoms. The quantitative estimate of drug-likeness (QED) is 0.913. The second-order valence-corrected chi connectivity index (χ2v) is 6.76. The molecular weight excluding hydrogens is 302 g/mol. The Balaban J connectivity index is 1.88. The molecule has 1 aliphatic rings. The van der Waals surface area contributed by atoms with E-state index in [9.17, 15) is 13.2 Å². The molecule has 2 N–H and O–H groups in total. The van der Waals surface area contributed by atoms with Gasteiger partial charge in [-0.25, -0.2) is 13.2 Å². The van der Waals surface area contributed by atoms with Gasteiger partial charge in [0.05, 0.1) is 4.90 Å². The van der Waals surface area contributed by atoms with E-state index >= 15 is 0 Å². The number of carbonyl (C=O) groups excluding carboxylic acids is 1. The maximum absolute atomic E-state index is 12.3. The van der Waals surface area contributed by atoms with Gasteiger partial charge in [-0.3, -0.25) is 4.72 Å². The predicted molar refractivity (Wildman–Crippen MR) is 84.2 cm³/mol. The molecule has 3 rings (SSSR count). The third kappa shape index (κ3) is 2.75. The summed E-state index contributed by atoms with van der Waals surface area (Å²) < 4.78 is 27.1. The van der Waals surface area contributed by atoms with Crippen molar-refractivity contribution in [1.82, 2.24) is 4.90 Å². The van der Waals surface area contributed by atoms with Crippen molar-refractivity contribution in [3.05, 3.63) is 54.1 Å². The van der Waals surface area contributed by atoms with Crippen LogP contribution in [0.4, 0.5) is 16.2 Å². The Bertz CT molecular complexity index is 819. The van der Waals surface area contributed by atoms with Crippen molar-refractivity contribution in [1.29, 1.82) is 0 Å². The van der Waals surface area contributed by atoms with Gasteiger partial charge in [0.1, 0.15) is 0 Å². The van der Waals surface area contributed by atoms with Crippen LogP contribution >= 0.6 is 0 Å². The van der Waals surface area contributed by atoms with E-state index in [1.165, 1.54) is 17.0 Å². The molecule has 0 spiro atoms. The highest BCUT2D eigenvalue weighted by Crippen LogP contribution is 2.27. The van der Waals surface area contributed by atoms with Crippen LogP contribution in [0.15, 0.2) is 53.4 Å². The molecule has 22 heavy (non-hydrogen) atoms. The number of anilines is 2. The number of hydrogen-bond donors (Lipinski definition) is 2. The third-order valence-corrected chi connectivity index (χ3v) is 4.80. The maximum Gasteiger partial charge on any atom is 0.321 e. The Kier molecular flexibility index (Phi) is 3.50. The Hall–Kier alpha value is -2.54. The lowest BCUT2D eigenvalue weighted by molar-refractivity contribution is 0.218. The van der Waals surface area contributed by atoms with E-state index < -0.39 is 10.0 Å². The van der Waals surface area contributed by atoms with Crippen molar-refractivity contribution in [3.8, 4) is 0 Å². The fourth-order valence-corrected chi connectivity index (χ4v) is 3.33. The van der Waals surface area contributed by atoms with E-state index in [1.54, 1.807) is 43.4 Å². The Labute approximate surface area is 128 Å². The molecule has 6 nitrogen and oxygen atoms in total. The average molecular weight is 317 g/mol. The molecule has 2 aromatic carbocycles. The van der Waals surface area contributed by atoms with Gasteiger partial charge in [0.2, 0.25) is 0 Å². The summed E-state index contributed by atoms with van der Waals surface area (Å²) in [6.07, 6.45) is 0. The van der Waals surface area contributed by atoms with Crippen molar-refractivity contribution in [2.24, 2.45) is 0 Å². The standard InChI is InChI=1S/C15H15N3O3S/c1-18-10-11-9-12(7-8-14(11)16-15(18)19)17-22(20,21)13-5-3-2-4-6-13/h2-9,17H,10H2,1H3,(H,16,19). The highest BCUT2D eigenvalue weighted by atomic mass is 32.2. The Morgan fingerprint density at radius 3 is 2.59 bits per heavy atom. The van der Waals surface area contributed by atoms with Crippen molar-refractivity contribution in [3.63, 3.8) is 0 Å². The number of urea groups is 1. The number of nitrogens with zero attached hydrogens (tertiary/aromatic N) is 1. The minimum Gasteiger partial charge on any atom is -0.323 e. The maximum atomic E-state index is 12.3. The molecule has 1 aliphatic heterocycles. The number of sulfonamides is 1. The minimum atomic E-state index is -3.62. The first-order valence-corrected chi connectivity index (χ1v) is 8.17. The lowest BCUT2D eigenvalue weighted by atomic mass is 10.1. The topological polar surface area (TPSA) is 78.5 Å². The summed E-state index contributed by atoms with van der Waals surface area (Å²) in [6.45, 7) is 0.433. The number of carbonyl (C=O) groups is 1. The van der Waals surface area contributed by atoms with Gasteiger partial charge in [0, 0.05) is 25.0 Å². The lowest BCUT2D eigenvalue weighted by Gasteiger charge is -2.26. The molecule has 0 atom stereocenters. The normalized spacial score (nSPS) is 14.2. The summed E-state index contributed by atoms with van der Waals surface area (Å²) in [6, 6.07) is 13.1. The summed E-state index contributed by atoms with van der Waals surface area (Å²) in [4.78, 5) is 13.3. The van der Waals surface area contributed by atoms with Gasteiger partial charge in [-0.2, -0.15) is 0 Å². The zero-order chi connectivity index (χ0) is 15.7. The number of amides is 2. The van der Waals surface area contributed by atoms with Crippen LogP contribution in [0.5, 0.6) is 0 Å². The summed E-state index contributed by atoms with van der Waals surface area (Å²) in [7, 11) is -1.94. The van der Waals surface area contributed by atoms with E-state index in [4.69, 9.17) is 0 Å². The number of benzene rings is 2. The van der Waals surface area contributed by atoms with Crippen LogP contribution in [0.1, 0.15) is 5.56 Å². The number of fused-ring (bicyclic) bond motifs is 1. The molecule has 2 amide bonds. The average Bonchev–Trinajstić information content (AvgIpc) is 2.49. The van der Waals surface area contributed by atoms with Crippen LogP contribution in [0.25, 0.3) is 0 Å². The summed E-state index contributed by atoms with van der Waals surface area (Å²) >= 11 is 0. The summed E-state index contributed by atoms with van der Waals surface area (Å²) in [5, 5.41) is 2.74. The molecule has 2 aromatic rings. The smallest absolute Gasteiger partial charge is 0.321 e. The first-order chi connectivity index (χ1) is 10.5. The zero-order valence-corrected chi connectivity index (χ0v) is 12.7. The second kappa shape index (κ2) is 5.34. The number of rotatable bonds is 3. The van der Waals surface area contributed by atoms with E-state index in [1.807, 2.05) is 0 Å². The Morgan fingerprint density at radius 1 is 1.14 bits per heavy atom. The molecule has 1 heterocycles. The first kappa shape index (κ1) is 14.4. The molecule has 0 aromatic heterocycles. The predicted octanol–water partition coefficient (Wildman–Crippen LogP) is 2.46. The van der Waals surface area contributed by atoms with E-state index in [-0.39, 0.29) is 10.9 Å². The number of nitrogens with one attached hydrogen (secondary N) is 2. The molecule has 0 aliphatic carbocycles. The fourth-order valence-electron chi connectivity index (χ4n) is 2.26. The van der Waals surface area contributed by atoms with Gasteiger partial charge < -0.3 is 10.2 Å². The molecule has 114 valence electrons. The highest BCUT2D eigenvalue weighted by Gasteiger charge is 2.20. The van der Waals surface area contributed by atoms with Crippen molar-refractivity contribution in [2.45, 2.75) is 11.4 Å². The summed E-state index contributed by atoms with van der Waals surface area (Å²) in [5.41, 5.74) is 2.02. The van der Waals surface area contributed by atoms with Crippen LogP contribution in [-0.4, -0.2) is 26.4 Å². The van der Waals surface area contributed by atoms with Gasteiger partial charge in [-0.1, -0.05) is 18.2 Å². The van der Waals surface area contributed by atoms with Crippen LogP contribution in [0.2, 0.25) is 0 Å². The van der Waals surface area contributed by atoms with Gasteiger partial charge in [0.15, 0.2) is 0 Å². The van der Waals surface area contributed by atoms with Gasteiger partial charge in [-0.15, -0.1) is 0 Å². The molecule has 0 fully saturated rings. The number of hydrogen-bond acceptors (Lipinski definition) is 3.